The standard InChI is InChI=1S/C10H20O/c1-8(2)9-4-3-5-10(11)7-6-9/h8-11H,3-7H2,1-2H3. The normalized spacial score (nSPS) is 33.8. The van der Waals surface area contributed by atoms with Crippen molar-refractivity contribution in [3.05, 3.63) is 0 Å². The molecule has 0 aromatic rings. The molecule has 2 unspecified atom stereocenters. The van der Waals surface area contributed by atoms with E-state index in [1.165, 1.54) is 19.3 Å². The third-order valence-corrected chi connectivity index (χ3v) is 2.93. The first-order valence-electron chi connectivity index (χ1n) is 4.88. The molecular formula is C10H20O. The molecule has 0 radical (unpaired) electrons. The van der Waals surface area contributed by atoms with Gasteiger partial charge in [-0.3, -0.25) is 0 Å². The molecule has 0 heterocycles. The molecule has 0 spiro atoms. The maximum Gasteiger partial charge on any atom is 0.0540 e. The fraction of sp³-hybridized carbons (Fsp3) is 1.00. The predicted molar refractivity (Wildman–Crippen MR) is 47.4 cm³/mol. The van der Waals surface area contributed by atoms with E-state index in [0.717, 1.165) is 24.7 Å². The first-order chi connectivity index (χ1) is 5.20. The van der Waals surface area contributed by atoms with Crippen LogP contribution < -0.4 is 0 Å². The summed E-state index contributed by atoms with van der Waals surface area (Å²) in [5.41, 5.74) is 0. The van der Waals surface area contributed by atoms with Gasteiger partial charge in [-0.2, -0.15) is 0 Å². The Hall–Kier alpha value is -0.0400. The van der Waals surface area contributed by atoms with Crippen molar-refractivity contribution in [1.82, 2.24) is 0 Å². The minimum Gasteiger partial charge on any atom is -0.393 e. The van der Waals surface area contributed by atoms with E-state index in [9.17, 15) is 5.11 Å². The van der Waals surface area contributed by atoms with E-state index in [-0.39, 0.29) is 6.10 Å². The molecule has 1 saturated carbocycles. The summed E-state index contributed by atoms with van der Waals surface area (Å²) in [6.45, 7) is 4.59. The van der Waals surface area contributed by atoms with E-state index in [1.807, 2.05) is 0 Å². The summed E-state index contributed by atoms with van der Waals surface area (Å²) in [4.78, 5) is 0. The first kappa shape index (κ1) is 9.05. The molecule has 1 aliphatic rings. The lowest BCUT2D eigenvalue weighted by atomic mass is 9.89. The topological polar surface area (TPSA) is 20.2 Å². The monoisotopic (exact) mass is 156 g/mol. The average molecular weight is 156 g/mol. The largest absolute Gasteiger partial charge is 0.393 e. The van der Waals surface area contributed by atoms with Crippen molar-refractivity contribution in [3.8, 4) is 0 Å². The molecule has 0 aromatic carbocycles. The Kier molecular flexibility index (Phi) is 3.38. The predicted octanol–water partition coefficient (Wildman–Crippen LogP) is 2.58. The van der Waals surface area contributed by atoms with Crippen molar-refractivity contribution >= 4 is 0 Å². The minimum absolute atomic E-state index is 0.00116. The second-order valence-corrected chi connectivity index (χ2v) is 4.17. The lowest BCUT2D eigenvalue weighted by Gasteiger charge is -2.17. The summed E-state index contributed by atoms with van der Waals surface area (Å²) in [7, 11) is 0. The maximum absolute atomic E-state index is 9.39. The lowest BCUT2D eigenvalue weighted by molar-refractivity contribution is 0.154. The summed E-state index contributed by atoms with van der Waals surface area (Å²) in [6.07, 6.45) is 5.85. The van der Waals surface area contributed by atoms with Gasteiger partial charge in [0.25, 0.3) is 0 Å². The molecule has 1 rings (SSSR count). The highest BCUT2D eigenvalue weighted by Crippen LogP contribution is 2.28. The summed E-state index contributed by atoms with van der Waals surface area (Å²) >= 11 is 0. The number of rotatable bonds is 1. The van der Waals surface area contributed by atoms with Gasteiger partial charge in [0, 0.05) is 0 Å². The van der Waals surface area contributed by atoms with E-state index in [4.69, 9.17) is 0 Å². The molecule has 1 N–H and O–H groups in total. The van der Waals surface area contributed by atoms with Crippen LogP contribution in [0.2, 0.25) is 0 Å². The van der Waals surface area contributed by atoms with Gasteiger partial charge in [-0.05, 0) is 31.1 Å². The molecule has 0 aliphatic heterocycles. The Morgan fingerprint density at radius 1 is 1.09 bits per heavy atom. The van der Waals surface area contributed by atoms with E-state index in [2.05, 4.69) is 13.8 Å². The zero-order valence-corrected chi connectivity index (χ0v) is 7.71. The van der Waals surface area contributed by atoms with Crippen LogP contribution in [0.1, 0.15) is 46.0 Å². The smallest absolute Gasteiger partial charge is 0.0540 e. The van der Waals surface area contributed by atoms with Gasteiger partial charge in [-0.1, -0.05) is 26.7 Å². The second kappa shape index (κ2) is 4.10. The number of aliphatic hydroxyl groups excluding tert-OH is 1. The lowest BCUT2D eigenvalue weighted by Crippen LogP contribution is -2.08. The average Bonchev–Trinajstić information content (AvgIpc) is 2.13. The highest BCUT2D eigenvalue weighted by atomic mass is 16.3. The number of aliphatic hydroxyl groups is 1. The molecule has 66 valence electrons. The van der Waals surface area contributed by atoms with Gasteiger partial charge >= 0.3 is 0 Å². The van der Waals surface area contributed by atoms with Gasteiger partial charge in [0.2, 0.25) is 0 Å². The highest BCUT2D eigenvalue weighted by molar-refractivity contribution is 4.71. The maximum atomic E-state index is 9.39. The van der Waals surface area contributed by atoms with Crippen LogP contribution in [0.3, 0.4) is 0 Å². The zero-order valence-electron chi connectivity index (χ0n) is 7.71. The molecule has 0 saturated heterocycles. The molecule has 0 amide bonds. The quantitative estimate of drug-likeness (QED) is 0.578. The van der Waals surface area contributed by atoms with Crippen LogP contribution in [0.25, 0.3) is 0 Å². The van der Waals surface area contributed by atoms with Crippen LogP contribution in [0.15, 0.2) is 0 Å². The number of hydrogen-bond donors (Lipinski definition) is 1. The van der Waals surface area contributed by atoms with E-state index >= 15 is 0 Å². The van der Waals surface area contributed by atoms with Gasteiger partial charge in [0.05, 0.1) is 6.10 Å². The van der Waals surface area contributed by atoms with Crippen LogP contribution in [-0.4, -0.2) is 11.2 Å². The summed E-state index contributed by atoms with van der Waals surface area (Å²) in [6, 6.07) is 0. The van der Waals surface area contributed by atoms with E-state index in [0.29, 0.717) is 0 Å². The first-order valence-corrected chi connectivity index (χ1v) is 4.88. The van der Waals surface area contributed by atoms with Crippen LogP contribution in [0.5, 0.6) is 0 Å². The van der Waals surface area contributed by atoms with Crippen LogP contribution >= 0.6 is 0 Å². The van der Waals surface area contributed by atoms with Crippen LogP contribution in [-0.2, 0) is 0 Å². The molecule has 2 atom stereocenters. The van der Waals surface area contributed by atoms with Gasteiger partial charge < -0.3 is 5.11 Å². The Labute approximate surface area is 69.8 Å². The van der Waals surface area contributed by atoms with Gasteiger partial charge in [0.15, 0.2) is 0 Å². The summed E-state index contributed by atoms with van der Waals surface area (Å²) in [5.74, 6) is 1.67. The van der Waals surface area contributed by atoms with E-state index in [1.54, 1.807) is 0 Å². The molecule has 1 heteroatoms. The third-order valence-electron chi connectivity index (χ3n) is 2.93. The van der Waals surface area contributed by atoms with Crippen molar-refractivity contribution in [1.29, 1.82) is 0 Å². The highest BCUT2D eigenvalue weighted by Gasteiger charge is 2.18. The Balaban J connectivity index is 2.34. The van der Waals surface area contributed by atoms with Gasteiger partial charge in [-0.15, -0.1) is 0 Å². The summed E-state index contributed by atoms with van der Waals surface area (Å²) < 4.78 is 0. The van der Waals surface area contributed by atoms with Crippen molar-refractivity contribution in [2.24, 2.45) is 11.8 Å². The Morgan fingerprint density at radius 2 is 1.82 bits per heavy atom. The van der Waals surface area contributed by atoms with Crippen molar-refractivity contribution in [2.45, 2.75) is 52.1 Å². The van der Waals surface area contributed by atoms with Gasteiger partial charge in [0.1, 0.15) is 0 Å². The summed E-state index contributed by atoms with van der Waals surface area (Å²) in [5, 5.41) is 9.39. The SMILES string of the molecule is CC(C)C1CCCC(O)CC1. The fourth-order valence-electron chi connectivity index (χ4n) is 1.98. The molecule has 1 fully saturated rings. The van der Waals surface area contributed by atoms with Crippen molar-refractivity contribution in [3.63, 3.8) is 0 Å². The van der Waals surface area contributed by atoms with Crippen LogP contribution in [0.4, 0.5) is 0 Å². The molecule has 0 aromatic heterocycles. The second-order valence-electron chi connectivity index (χ2n) is 4.17. The van der Waals surface area contributed by atoms with Crippen molar-refractivity contribution in [2.75, 3.05) is 0 Å². The molecule has 1 nitrogen and oxygen atoms in total. The molecule has 11 heavy (non-hydrogen) atoms. The fourth-order valence-corrected chi connectivity index (χ4v) is 1.98. The minimum atomic E-state index is -0.00116. The van der Waals surface area contributed by atoms with Crippen LogP contribution in [0, 0.1) is 11.8 Å². The van der Waals surface area contributed by atoms with Crippen molar-refractivity contribution < 1.29 is 5.11 Å². The van der Waals surface area contributed by atoms with Gasteiger partial charge in [-0.25, -0.2) is 0 Å². The van der Waals surface area contributed by atoms with E-state index < -0.39 is 0 Å². The Bertz CT molecular complexity index is 109. The molecule has 1 aliphatic carbocycles. The number of hydrogen-bond acceptors (Lipinski definition) is 1. The zero-order chi connectivity index (χ0) is 8.27. The molecule has 0 bridgehead atoms. The third kappa shape index (κ3) is 2.82. The molecular weight excluding hydrogens is 136 g/mol. The Morgan fingerprint density at radius 3 is 2.45 bits per heavy atom.